The van der Waals surface area contributed by atoms with E-state index < -0.39 is 10.0 Å². The van der Waals surface area contributed by atoms with Gasteiger partial charge in [0, 0.05) is 6.54 Å². The van der Waals surface area contributed by atoms with Crippen LogP contribution in [0.3, 0.4) is 0 Å². The number of benzene rings is 1. The molecule has 0 radical (unpaired) electrons. The van der Waals surface area contributed by atoms with Crippen molar-refractivity contribution < 1.29 is 13.2 Å². The molecule has 0 amide bonds. The summed E-state index contributed by atoms with van der Waals surface area (Å²) in [4.78, 5) is 0. The topological polar surface area (TPSA) is 68.3 Å². The van der Waals surface area contributed by atoms with E-state index in [2.05, 4.69) is 37.2 Å². The van der Waals surface area contributed by atoms with Crippen molar-refractivity contribution >= 4 is 37.5 Å². The average Bonchev–Trinajstić information content (AvgIpc) is 2.94. The molecule has 0 saturated heterocycles. The van der Waals surface area contributed by atoms with Gasteiger partial charge in [-0.1, -0.05) is 18.2 Å². The number of hydrogen-bond acceptors (Lipinski definition) is 5. The third-order valence-electron chi connectivity index (χ3n) is 3.49. The van der Waals surface area contributed by atoms with Crippen LogP contribution >= 0.6 is 27.5 Å². The van der Waals surface area contributed by atoms with Crippen LogP contribution in [0, 0.1) is 0 Å². The molecule has 118 valence electrons. The van der Waals surface area contributed by atoms with Crippen LogP contribution in [0.1, 0.15) is 16.7 Å². The lowest BCUT2D eigenvalue weighted by Gasteiger charge is -2.17. The number of hydrogen-bond donors (Lipinski definition) is 1. The second-order valence-electron chi connectivity index (χ2n) is 5.01. The summed E-state index contributed by atoms with van der Waals surface area (Å²) in [5.74, 6) is 0. The molecule has 1 aliphatic heterocycles. The first kappa shape index (κ1) is 16.1. The van der Waals surface area contributed by atoms with Gasteiger partial charge in [-0.15, -0.1) is 0 Å². The molecular formula is C14H15BrN2O3S2. The van der Waals surface area contributed by atoms with Gasteiger partial charge in [-0.05, 0) is 57.0 Å². The van der Waals surface area contributed by atoms with E-state index in [9.17, 15) is 8.42 Å². The Kier molecular flexibility index (Phi) is 4.94. The fraction of sp³-hybridized carbons (Fsp3) is 0.357. The quantitative estimate of drug-likeness (QED) is 0.833. The molecule has 22 heavy (non-hydrogen) atoms. The van der Waals surface area contributed by atoms with E-state index in [0.29, 0.717) is 24.0 Å². The van der Waals surface area contributed by atoms with Crippen molar-refractivity contribution in [3.63, 3.8) is 0 Å². The molecular weight excluding hydrogens is 388 g/mol. The van der Waals surface area contributed by atoms with Crippen molar-refractivity contribution in [1.29, 1.82) is 0 Å². The maximum Gasteiger partial charge on any atom is 0.252 e. The molecule has 0 aliphatic carbocycles. The molecule has 2 heterocycles. The minimum atomic E-state index is -3.50. The summed E-state index contributed by atoms with van der Waals surface area (Å²) in [5.41, 5.74) is 3.66. The summed E-state index contributed by atoms with van der Waals surface area (Å²) in [6.07, 6.45) is 3.07. The predicted octanol–water partition coefficient (Wildman–Crippen LogP) is 2.50. The van der Waals surface area contributed by atoms with Gasteiger partial charge >= 0.3 is 0 Å². The molecule has 1 N–H and O–H groups in total. The molecule has 0 unspecified atom stereocenters. The van der Waals surface area contributed by atoms with E-state index in [1.807, 2.05) is 6.07 Å². The Morgan fingerprint density at radius 2 is 2.23 bits per heavy atom. The Morgan fingerprint density at radius 1 is 1.36 bits per heavy atom. The smallest absolute Gasteiger partial charge is 0.252 e. The second kappa shape index (κ2) is 6.76. The third kappa shape index (κ3) is 3.57. The van der Waals surface area contributed by atoms with E-state index in [1.165, 1.54) is 17.3 Å². The van der Waals surface area contributed by atoms with Crippen LogP contribution in [0.25, 0.3) is 0 Å². The van der Waals surface area contributed by atoms with Gasteiger partial charge in [0.2, 0.25) is 0 Å². The zero-order valence-electron chi connectivity index (χ0n) is 11.7. The monoisotopic (exact) mass is 402 g/mol. The summed E-state index contributed by atoms with van der Waals surface area (Å²) in [6.45, 7) is 1.78. The lowest BCUT2D eigenvalue weighted by atomic mass is 9.99. The molecule has 0 atom stereocenters. The van der Waals surface area contributed by atoms with Crippen LogP contribution in [0.2, 0.25) is 0 Å². The molecule has 1 aromatic carbocycles. The number of halogens is 1. The van der Waals surface area contributed by atoms with Crippen LogP contribution < -0.4 is 4.72 Å². The fourth-order valence-electron chi connectivity index (χ4n) is 2.36. The largest absolute Gasteiger partial charge is 0.376 e. The summed E-state index contributed by atoms with van der Waals surface area (Å²) in [6, 6.07) is 6.25. The van der Waals surface area contributed by atoms with Crippen LogP contribution in [0.15, 0.2) is 33.1 Å². The third-order valence-corrected chi connectivity index (χ3v) is 7.39. The lowest BCUT2D eigenvalue weighted by Crippen LogP contribution is -2.25. The molecule has 1 aromatic heterocycles. The molecule has 3 rings (SSSR count). The molecule has 0 bridgehead atoms. The van der Waals surface area contributed by atoms with Gasteiger partial charge in [-0.3, -0.25) is 0 Å². The number of aromatic nitrogens is 1. The molecule has 1 aliphatic rings. The normalized spacial score (nSPS) is 14.8. The highest BCUT2D eigenvalue weighted by molar-refractivity contribution is 9.10. The Bertz CT molecular complexity index is 774. The highest BCUT2D eigenvalue weighted by atomic mass is 79.9. The Balaban J connectivity index is 1.63. The zero-order valence-corrected chi connectivity index (χ0v) is 14.9. The summed E-state index contributed by atoms with van der Waals surface area (Å²) in [5, 5.41) is 0. The Morgan fingerprint density at radius 3 is 3.00 bits per heavy atom. The fourth-order valence-corrected chi connectivity index (χ4v) is 5.36. The molecule has 8 heteroatoms. The first-order valence-electron chi connectivity index (χ1n) is 6.84. The predicted molar refractivity (Wildman–Crippen MR) is 88.5 cm³/mol. The zero-order chi connectivity index (χ0) is 15.6. The van der Waals surface area contributed by atoms with Crippen LogP contribution in [-0.4, -0.2) is 25.9 Å². The van der Waals surface area contributed by atoms with Crippen molar-refractivity contribution in [3.05, 3.63) is 45.6 Å². The van der Waals surface area contributed by atoms with Gasteiger partial charge in [0.1, 0.15) is 0 Å². The molecule has 0 fully saturated rings. The van der Waals surface area contributed by atoms with Gasteiger partial charge in [-0.25, -0.2) is 13.1 Å². The maximum absolute atomic E-state index is 12.1. The van der Waals surface area contributed by atoms with Crippen molar-refractivity contribution in [2.45, 2.75) is 23.7 Å². The lowest BCUT2D eigenvalue weighted by molar-refractivity contribution is 0.110. The summed E-state index contributed by atoms with van der Waals surface area (Å²) in [7, 11) is -3.50. The van der Waals surface area contributed by atoms with E-state index in [1.54, 1.807) is 0 Å². The maximum atomic E-state index is 12.1. The summed E-state index contributed by atoms with van der Waals surface area (Å²) < 4.78 is 36.9. The first-order chi connectivity index (χ1) is 10.6. The van der Waals surface area contributed by atoms with E-state index in [4.69, 9.17) is 4.74 Å². The minimum Gasteiger partial charge on any atom is -0.376 e. The SMILES string of the molecule is O=S(=O)(NCCc1ccc2c(c1)CCOC2)c1sncc1Br. The van der Waals surface area contributed by atoms with Gasteiger partial charge in [0.05, 0.1) is 23.9 Å². The standard InChI is InChI=1S/C14H15BrN2O3S2/c15-13-8-16-21-14(13)22(18,19)17-5-3-10-1-2-12-9-20-6-4-11(12)7-10/h1-2,7-8,17H,3-6,9H2. The molecule has 2 aromatic rings. The van der Waals surface area contributed by atoms with Gasteiger partial charge < -0.3 is 4.74 Å². The van der Waals surface area contributed by atoms with E-state index in [0.717, 1.165) is 30.1 Å². The van der Waals surface area contributed by atoms with Crippen LogP contribution in [0.5, 0.6) is 0 Å². The Hall–Kier alpha value is -0.800. The number of nitrogens with zero attached hydrogens (tertiary/aromatic N) is 1. The van der Waals surface area contributed by atoms with E-state index in [-0.39, 0.29) is 4.21 Å². The van der Waals surface area contributed by atoms with Crippen molar-refractivity contribution in [1.82, 2.24) is 9.10 Å². The number of fused-ring (bicyclic) bond motifs is 1. The van der Waals surface area contributed by atoms with Crippen molar-refractivity contribution in [2.24, 2.45) is 0 Å². The highest BCUT2D eigenvalue weighted by Crippen LogP contribution is 2.25. The van der Waals surface area contributed by atoms with E-state index >= 15 is 0 Å². The Labute approximate surface area is 142 Å². The summed E-state index contributed by atoms with van der Waals surface area (Å²) >= 11 is 4.16. The first-order valence-corrected chi connectivity index (χ1v) is 9.89. The molecule has 5 nitrogen and oxygen atoms in total. The second-order valence-corrected chi connectivity index (χ2v) is 8.63. The number of sulfonamides is 1. The average molecular weight is 403 g/mol. The number of rotatable bonds is 5. The van der Waals surface area contributed by atoms with Crippen LogP contribution in [-0.2, 0) is 34.2 Å². The van der Waals surface area contributed by atoms with Crippen molar-refractivity contribution in [3.8, 4) is 0 Å². The highest BCUT2D eigenvalue weighted by Gasteiger charge is 2.19. The molecule has 0 saturated carbocycles. The van der Waals surface area contributed by atoms with Gasteiger partial charge in [0.15, 0.2) is 4.21 Å². The number of ether oxygens (including phenoxy) is 1. The minimum absolute atomic E-state index is 0.218. The molecule has 0 spiro atoms. The van der Waals surface area contributed by atoms with Crippen LogP contribution in [0.4, 0.5) is 0 Å². The van der Waals surface area contributed by atoms with Gasteiger partial charge in [-0.2, -0.15) is 4.37 Å². The van der Waals surface area contributed by atoms with Gasteiger partial charge in [0.25, 0.3) is 10.0 Å². The van der Waals surface area contributed by atoms with Crippen molar-refractivity contribution in [2.75, 3.05) is 13.2 Å². The number of nitrogens with one attached hydrogen (secondary N) is 1.